The fourth-order valence-corrected chi connectivity index (χ4v) is 1.30. The van der Waals surface area contributed by atoms with Crippen LogP contribution in [0.15, 0.2) is 0 Å². The molecule has 0 aromatic rings. The molecule has 0 fully saturated rings. The van der Waals surface area contributed by atoms with E-state index in [1.54, 1.807) is 0 Å². The number of hydrogen-bond acceptors (Lipinski definition) is 0. The lowest BCUT2D eigenvalue weighted by Gasteiger charge is -1.80. The Morgan fingerprint density at radius 1 is 1.80 bits per heavy atom. The third-order valence-corrected chi connectivity index (χ3v) is 2.05. The topological polar surface area (TPSA) is 0 Å². The summed E-state index contributed by atoms with van der Waals surface area (Å²) in [5.41, 5.74) is 0. The quantitative estimate of drug-likeness (QED) is 0.466. The Hall–Kier alpha value is 0.860. The molecule has 0 bridgehead atoms. The van der Waals surface area contributed by atoms with Gasteiger partial charge in [0.2, 0.25) is 0 Å². The van der Waals surface area contributed by atoms with E-state index >= 15 is 0 Å². The molecule has 0 aromatic carbocycles. The molecular formula is C3H10P2. The van der Waals surface area contributed by atoms with E-state index in [9.17, 15) is 0 Å². The van der Waals surface area contributed by atoms with E-state index < -0.39 is 0 Å². The van der Waals surface area contributed by atoms with Gasteiger partial charge in [0, 0.05) is 0 Å². The largest absolute Gasteiger partial charge is 0.137 e. The van der Waals surface area contributed by atoms with E-state index in [0.717, 1.165) is 8.58 Å². The van der Waals surface area contributed by atoms with Crippen molar-refractivity contribution in [2.75, 3.05) is 19.0 Å². The summed E-state index contributed by atoms with van der Waals surface area (Å²) in [4.78, 5) is 0. The molecule has 32 valence electrons. The van der Waals surface area contributed by atoms with Crippen molar-refractivity contribution in [2.24, 2.45) is 0 Å². The maximum absolute atomic E-state index is 2.71. The minimum atomic E-state index is 1.14. The van der Waals surface area contributed by atoms with Crippen molar-refractivity contribution in [1.29, 1.82) is 0 Å². The minimum absolute atomic E-state index is 1.14. The van der Waals surface area contributed by atoms with Crippen molar-refractivity contribution in [3.8, 4) is 0 Å². The van der Waals surface area contributed by atoms with Gasteiger partial charge in [-0.2, -0.15) is 0 Å². The van der Waals surface area contributed by atoms with Gasteiger partial charge in [-0.1, -0.05) is 0 Å². The third-order valence-electron chi connectivity index (χ3n) is 0.394. The molecule has 0 aliphatic heterocycles. The summed E-state index contributed by atoms with van der Waals surface area (Å²) in [6, 6.07) is 0. The van der Waals surface area contributed by atoms with Crippen molar-refractivity contribution in [1.82, 2.24) is 0 Å². The molecule has 5 heavy (non-hydrogen) atoms. The van der Waals surface area contributed by atoms with Gasteiger partial charge in [0.15, 0.2) is 0 Å². The molecule has 2 atom stereocenters. The van der Waals surface area contributed by atoms with Crippen LogP contribution in [0.25, 0.3) is 0 Å². The molecule has 0 spiro atoms. The Kier molecular flexibility index (Phi) is 5.70. The number of rotatable bonds is 2. The fourth-order valence-electron chi connectivity index (χ4n) is 0.144. The van der Waals surface area contributed by atoms with Crippen LogP contribution in [0.2, 0.25) is 0 Å². The van der Waals surface area contributed by atoms with Gasteiger partial charge in [-0.05, 0) is 19.0 Å². The zero-order valence-electron chi connectivity index (χ0n) is 3.49. The van der Waals surface area contributed by atoms with Crippen molar-refractivity contribution in [2.45, 2.75) is 0 Å². The first kappa shape index (κ1) is 5.86. The van der Waals surface area contributed by atoms with Crippen LogP contribution in [-0.4, -0.2) is 19.0 Å². The summed E-state index contributed by atoms with van der Waals surface area (Å²) < 4.78 is 0. The van der Waals surface area contributed by atoms with Gasteiger partial charge >= 0.3 is 0 Å². The van der Waals surface area contributed by atoms with E-state index in [1.165, 1.54) is 12.3 Å². The molecule has 0 saturated carbocycles. The molecular weight excluding hydrogens is 98.0 g/mol. The van der Waals surface area contributed by atoms with Gasteiger partial charge in [-0.15, -0.1) is 17.8 Å². The Bertz CT molecular complexity index is 12.4. The lowest BCUT2D eigenvalue weighted by molar-refractivity contribution is 1.55. The third kappa shape index (κ3) is 4.86. The SMILES string of the molecule is CPCCP. The molecule has 0 radical (unpaired) electrons. The second-order valence-corrected chi connectivity index (χ2v) is 2.68. The molecule has 0 aliphatic rings. The summed E-state index contributed by atoms with van der Waals surface area (Å²) in [7, 11) is 3.84. The second kappa shape index (κ2) is 4.86. The zero-order chi connectivity index (χ0) is 4.12. The highest BCUT2D eigenvalue weighted by Crippen LogP contribution is 2.00. The van der Waals surface area contributed by atoms with Crippen LogP contribution in [0.4, 0.5) is 0 Å². The predicted molar refractivity (Wildman–Crippen MR) is 33.7 cm³/mol. The molecule has 0 aliphatic carbocycles. The van der Waals surface area contributed by atoms with Crippen molar-refractivity contribution < 1.29 is 0 Å². The summed E-state index contributed by atoms with van der Waals surface area (Å²) in [6.45, 7) is 2.23. The van der Waals surface area contributed by atoms with Crippen molar-refractivity contribution in [3.05, 3.63) is 0 Å². The predicted octanol–water partition coefficient (Wildman–Crippen LogP) is 1.17. The lowest BCUT2D eigenvalue weighted by atomic mass is 11.0. The average Bonchev–Trinajstić information content (AvgIpc) is 1.41. The molecule has 2 heteroatoms. The first-order valence-corrected chi connectivity index (χ1v) is 4.29. The Morgan fingerprint density at radius 3 is 2.40 bits per heavy atom. The van der Waals surface area contributed by atoms with Crippen molar-refractivity contribution in [3.63, 3.8) is 0 Å². The van der Waals surface area contributed by atoms with E-state index in [-0.39, 0.29) is 0 Å². The highest BCUT2D eigenvalue weighted by molar-refractivity contribution is 7.37. The molecule has 0 amide bonds. The standard InChI is InChI=1S/C3H10P2/c1-5-3-2-4/h5H,2-4H2,1H3. The van der Waals surface area contributed by atoms with Crippen LogP contribution in [0, 0.1) is 0 Å². The monoisotopic (exact) mass is 108 g/mol. The van der Waals surface area contributed by atoms with Crippen LogP contribution in [0.1, 0.15) is 0 Å². The Labute approximate surface area is 37.7 Å². The van der Waals surface area contributed by atoms with Crippen LogP contribution < -0.4 is 0 Å². The Morgan fingerprint density at radius 2 is 2.40 bits per heavy atom. The van der Waals surface area contributed by atoms with E-state index in [2.05, 4.69) is 15.9 Å². The second-order valence-electron chi connectivity index (χ2n) is 0.892. The van der Waals surface area contributed by atoms with Gasteiger partial charge < -0.3 is 0 Å². The zero-order valence-corrected chi connectivity index (χ0v) is 5.65. The highest BCUT2D eigenvalue weighted by atomic mass is 31.1. The van der Waals surface area contributed by atoms with Crippen LogP contribution in [0.3, 0.4) is 0 Å². The smallest absolute Gasteiger partial charge is 0.0321 e. The fraction of sp³-hybridized carbons (Fsp3) is 1.00. The maximum atomic E-state index is 2.71. The minimum Gasteiger partial charge on any atom is -0.137 e. The van der Waals surface area contributed by atoms with Gasteiger partial charge in [0.05, 0.1) is 0 Å². The molecule has 0 rings (SSSR count). The van der Waals surface area contributed by atoms with E-state index in [4.69, 9.17) is 0 Å². The summed E-state index contributed by atoms with van der Waals surface area (Å²) in [6.07, 6.45) is 2.65. The molecule has 0 aromatic heterocycles. The first-order valence-electron chi connectivity index (χ1n) is 1.76. The van der Waals surface area contributed by atoms with Crippen molar-refractivity contribution >= 4 is 17.8 Å². The van der Waals surface area contributed by atoms with Gasteiger partial charge in [-0.3, -0.25) is 0 Å². The molecule has 2 unspecified atom stereocenters. The van der Waals surface area contributed by atoms with Gasteiger partial charge in [-0.25, -0.2) is 0 Å². The molecule has 0 saturated heterocycles. The number of hydrogen-bond donors (Lipinski definition) is 0. The first-order chi connectivity index (χ1) is 2.41. The summed E-state index contributed by atoms with van der Waals surface area (Å²) in [5, 5.41) is 0. The normalized spacial score (nSPS) is 10.8. The maximum Gasteiger partial charge on any atom is -0.0321 e. The molecule has 0 N–H and O–H groups in total. The summed E-state index contributed by atoms with van der Waals surface area (Å²) >= 11 is 0. The van der Waals surface area contributed by atoms with Crippen LogP contribution >= 0.6 is 17.8 Å². The van der Waals surface area contributed by atoms with Crippen LogP contribution in [-0.2, 0) is 0 Å². The highest BCUT2D eigenvalue weighted by Gasteiger charge is 1.67. The molecule has 0 nitrogen and oxygen atoms in total. The van der Waals surface area contributed by atoms with E-state index in [1.807, 2.05) is 0 Å². The van der Waals surface area contributed by atoms with Gasteiger partial charge in [0.25, 0.3) is 0 Å². The van der Waals surface area contributed by atoms with E-state index in [0.29, 0.717) is 0 Å². The van der Waals surface area contributed by atoms with Crippen LogP contribution in [0.5, 0.6) is 0 Å². The molecule has 0 heterocycles. The Balaban J connectivity index is 2.19. The average molecular weight is 108 g/mol. The van der Waals surface area contributed by atoms with Gasteiger partial charge in [0.1, 0.15) is 0 Å². The summed E-state index contributed by atoms with van der Waals surface area (Å²) in [5.74, 6) is 0. The lowest BCUT2D eigenvalue weighted by Crippen LogP contribution is -1.67.